The molecular weight excluding hydrogens is 220 g/mol. The average molecular weight is 244 g/mol. The molecule has 0 spiro atoms. The van der Waals surface area contributed by atoms with Gasteiger partial charge in [-0.25, -0.2) is 0 Å². The zero-order valence-electron chi connectivity index (χ0n) is 11.3. The zero-order valence-corrected chi connectivity index (χ0v) is 11.3. The lowest BCUT2D eigenvalue weighted by atomic mass is 9.54. The van der Waals surface area contributed by atoms with Crippen molar-refractivity contribution in [3.05, 3.63) is 24.0 Å². The number of hydrogen-bond donors (Lipinski definition) is 1. The van der Waals surface area contributed by atoms with Gasteiger partial charge in [0.15, 0.2) is 0 Å². The molecule has 5 rings (SSSR count). The SMILES string of the molecule is CC(N)c1cccn1C1C2CC3CC(C2)CC1C3. The van der Waals surface area contributed by atoms with Gasteiger partial charge in [-0.15, -0.1) is 0 Å². The van der Waals surface area contributed by atoms with Gasteiger partial charge in [0.2, 0.25) is 0 Å². The van der Waals surface area contributed by atoms with Crippen molar-refractivity contribution in [1.29, 1.82) is 0 Å². The van der Waals surface area contributed by atoms with Crippen LogP contribution in [0.5, 0.6) is 0 Å². The first-order chi connectivity index (χ1) is 8.72. The molecule has 4 saturated carbocycles. The summed E-state index contributed by atoms with van der Waals surface area (Å²) in [5.41, 5.74) is 7.47. The van der Waals surface area contributed by atoms with E-state index >= 15 is 0 Å². The van der Waals surface area contributed by atoms with Crippen molar-refractivity contribution in [1.82, 2.24) is 4.57 Å². The minimum absolute atomic E-state index is 0.164. The van der Waals surface area contributed by atoms with Gasteiger partial charge in [-0.2, -0.15) is 0 Å². The van der Waals surface area contributed by atoms with Crippen molar-refractivity contribution in [3.63, 3.8) is 0 Å². The largest absolute Gasteiger partial charge is 0.346 e. The lowest BCUT2D eigenvalue weighted by Gasteiger charge is -2.55. The Morgan fingerprint density at radius 2 is 1.72 bits per heavy atom. The summed E-state index contributed by atoms with van der Waals surface area (Å²) in [4.78, 5) is 0. The maximum absolute atomic E-state index is 6.13. The smallest absolute Gasteiger partial charge is 0.0421 e. The molecule has 1 aromatic heterocycles. The molecular formula is C16H24N2. The van der Waals surface area contributed by atoms with Crippen molar-refractivity contribution in [2.24, 2.45) is 29.4 Å². The second-order valence-corrected chi connectivity index (χ2v) is 7.05. The van der Waals surface area contributed by atoms with Gasteiger partial charge in [0.1, 0.15) is 0 Å². The average Bonchev–Trinajstić information content (AvgIpc) is 2.76. The highest BCUT2D eigenvalue weighted by Crippen LogP contribution is 2.58. The predicted molar refractivity (Wildman–Crippen MR) is 73.1 cm³/mol. The number of nitrogens with zero attached hydrogens (tertiary/aromatic N) is 1. The second kappa shape index (κ2) is 3.86. The third-order valence-corrected chi connectivity index (χ3v) is 5.78. The summed E-state index contributed by atoms with van der Waals surface area (Å²) in [7, 11) is 0. The van der Waals surface area contributed by atoms with Gasteiger partial charge in [-0.05, 0) is 74.8 Å². The van der Waals surface area contributed by atoms with Gasteiger partial charge >= 0.3 is 0 Å². The summed E-state index contributed by atoms with van der Waals surface area (Å²) in [5.74, 6) is 3.98. The summed E-state index contributed by atoms with van der Waals surface area (Å²) in [5, 5.41) is 0. The molecule has 4 bridgehead atoms. The van der Waals surface area contributed by atoms with Crippen LogP contribution in [0.3, 0.4) is 0 Å². The third-order valence-electron chi connectivity index (χ3n) is 5.78. The molecule has 18 heavy (non-hydrogen) atoms. The predicted octanol–water partition coefficient (Wildman–Crippen LogP) is 3.51. The van der Waals surface area contributed by atoms with Crippen LogP contribution in [0.1, 0.15) is 56.8 Å². The monoisotopic (exact) mass is 244 g/mol. The van der Waals surface area contributed by atoms with Crippen LogP contribution in [0.25, 0.3) is 0 Å². The highest BCUT2D eigenvalue weighted by atomic mass is 15.0. The van der Waals surface area contributed by atoms with Crippen molar-refractivity contribution in [2.45, 2.75) is 51.1 Å². The molecule has 0 aliphatic heterocycles. The molecule has 0 aromatic carbocycles. The highest BCUT2D eigenvalue weighted by Gasteiger charge is 2.49. The number of rotatable bonds is 2. The topological polar surface area (TPSA) is 30.9 Å². The van der Waals surface area contributed by atoms with Crippen LogP contribution < -0.4 is 5.73 Å². The molecule has 1 atom stereocenters. The van der Waals surface area contributed by atoms with Crippen LogP contribution in [-0.2, 0) is 0 Å². The van der Waals surface area contributed by atoms with E-state index in [1.54, 1.807) is 0 Å². The summed E-state index contributed by atoms with van der Waals surface area (Å²) in [6.45, 7) is 2.11. The molecule has 1 aromatic rings. The highest BCUT2D eigenvalue weighted by molar-refractivity contribution is 5.15. The second-order valence-electron chi connectivity index (χ2n) is 7.05. The Bertz CT molecular complexity index is 418. The summed E-state index contributed by atoms with van der Waals surface area (Å²) in [6, 6.07) is 5.32. The summed E-state index contributed by atoms with van der Waals surface area (Å²) >= 11 is 0. The van der Waals surface area contributed by atoms with Crippen LogP contribution in [0, 0.1) is 23.7 Å². The van der Waals surface area contributed by atoms with Gasteiger partial charge in [-0.1, -0.05) is 0 Å². The van der Waals surface area contributed by atoms with E-state index in [0.717, 1.165) is 29.7 Å². The minimum Gasteiger partial charge on any atom is -0.346 e. The summed E-state index contributed by atoms with van der Waals surface area (Å²) in [6.07, 6.45) is 9.74. The molecule has 1 unspecified atom stereocenters. The number of nitrogens with two attached hydrogens (primary N) is 1. The molecule has 4 aliphatic carbocycles. The van der Waals surface area contributed by atoms with Crippen LogP contribution in [0.15, 0.2) is 18.3 Å². The Morgan fingerprint density at radius 1 is 1.11 bits per heavy atom. The Labute approximate surface area is 110 Å². The Morgan fingerprint density at radius 3 is 2.28 bits per heavy atom. The van der Waals surface area contributed by atoms with Crippen molar-refractivity contribution in [3.8, 4) is 0 Å². The van der Waals surface area contributed by atoms with Gasteiger partial charge in [0.25, 0.3) is 0 Å². The fraction of sp³-hybridized carbons (Fsp3) is 0.750. The Hall–Kier alpha value is -0.760. The Kier molecular flexibility index (Phi) is 2.38. The van der Waals surface area contributed by atoms with E-state index in [0.29, 0.717) is 0 Å². The molecule has 2 heteroatoms. The fourth-order valence-corrected chi connectivity index (χ4v) is 5.42. The molecule has 2 nitrogen and oxygen atoms in total. The summed E-state index contributed by atoms with van der Waals surface area (Å²) < 4.78 is 2.54. The Balaban J connectivity index is 1.70. The van der Waals surface area contributed by atoms with E-state index in [4.69, 9.17) is 5.73 Å². The van der Waals surface area contributed by atoms with E-state index in [9.17, 15) is 0 Å². The van der Waals surface area contributed by atoms with Crippen LogP contribution in [0.2, 0.25) is 0 Å². The molecule has 2 N–H and O–H groups in total. The van der Waals surface area contributed by atoms with Gasteiger partial charge in [0, 0.05) is 24.0 Å². The molecule has 1 heterocycles. The van der Waals surface area contributed by atoms with Gasteiger partial charge in [-0.3, -0.25) is 0 Å². The molecule has 0 amide bonds. The van der Waals surface area contributed by atoms with Crippen LogP contribution in [0.4, 0.5) is 0 Å². The normalized spacial score (nSPS) is 43.3. The maximum Gasteiger partial charge on any atom is 0.0421 e. The van der Waals surface area contributed by atoms with E-state index < -0.39 is 0 Å². The zero-order chi connectivity index (χ0) is 12.3. The molecule has 98 valence electrons. The van der Waals surface area contributed by atoms with Gasteiger partial charge in [0.05, 0.1) is 0 Å². The molecule has 0 radical (unpaired) electrons. The number of hydrogen-bond acceptors (Lipinski definition) is 1. The maximum atomic E-state index is 6.13. The quantitative estimate of drug-likeness (QED) is 0.848. The van der Waals surface area contributed by atoms with Crippen molar-refractivity contribution in [2.75, 3.05) is 0 Å². The third kappa shape index (κ3) is 1.51. The standard InChI is InChI=1S/C16H24N2/c1-10(17)15-3-2-4-18(15)16-13-6-11-5-12(8-13)9-14(16)7-11/h2-4,10-14,16H,5-9,17H2,1H3. The molecule has 4 fully saturated rings. The molecule has 4 aliphatic rings. The van der Waals surface area contributed by atoms with Crippen molar-refractivity contribution >= 4 is 0 Å². The lowest BCUT2D eigenvalue weighted by molar-refractivity contribution is -0.0301. The first-order valence-electron chi connectivity index (χ1n) is 7.64. The minimum atomic E-state index is 0.164. The van der Waals surface area contributed by atoms with Crippen LogP contribution in [-0.4, -0.2) is 4.57 Å². The molecule has 0 saturated heterocycles. The van der Waals surface area contributed by atoms with E-state index in [-0.39, 0.29) is 6.04 Å². The first kappa shape index (κ1) is 11.1. The van der Waals surface area contributed by atoms with E-state index in [1.165, 1.54) is 37.8 Å². The first-order valence-corrected chi connectivity index (χ1v) is 7.64. The lowest BCUT2D eigenvalue weighted by Crippen LogP contribution is -2.46. The number of aromatic nitrogens is 1. The van der Waals surface area contributed by atoms with Crippen LogP contribution >= 0.6 is 0 Å². The fourth-order valence-electron chi connectivity index (χ4n) is 5.42. The van der Waals surface area contributed by atoms with Gasteiger partial charge < -0.3 is 10.3 Å². The van der Waals surface area contributed by atoms with Crippen molar-refractivity contribution < 1.29 is 0 Å². The van der Waals surface area contributed by atoms with E-state index in [2.05, 4.69) is 29.8 Å². The van der Waals surface area contributed by atoms with E-state index in [1.807, 2.05) is 0 Å².